The second-order valence-electron chi connectivity index (χ2n) is 6.21. The summed E-state index contributed by atoms with van der Waals surface area (Å²) in [6.07, 6.45) is 0.982. The number of benzene rings is 2. The van der Waals surface area contributed by atoms with E-state index in [4.69, 9.17) is 0 Å². The molecule has 5 nitrogen and oxygen atoms in total. The van der Waals surface area contributed by atoms with Gasteiger partial charge in [-0.05, 0) is 55.7 Å². The van der Waals surface area contributed by atoms with Crippen LogP contribution in [0.2, 0.25) is 0 Å². The lowest BCUT2D eigenvalue weighted by atomic mass is 10.0. The minimum atomic E-state index is -3.31. The molecule has 0 spiro atoms. The maximum absolute atomic E-state index is 12.4. The van der Waals surface area contributed by atoms with E-state index in [0.29, 0.717) is 11.3 Å². The van der Waals surface area contributed by atoms with Gasteiger partial charge in [0.2, 0.25) is 10.0 Å². The number of rotatable bonds is 7. The number of hydrogen-bond donors (Lipinski definition) is 1. The molecule has 0 saturated heterocycles. The molecule has 6 heteroatoms. The van der Waals surface area contributed by atoms with Crippen LogP contribution in [0, 0.1) is 0 Å². The lowest BCUT2D eigenvalue weighted by molar-refractivity contribution is 0.0940. The Kier molecular flexibility index (Phi) is 6.42. The predicted octanol–water partition coefficient (Wildman–Crippen LogP) is 3.53. The van der Waals surface area contributed by atoms with E-state index in [1.165, 1.54) is 16.9 Å². The third-order valence-electron chi connectivity index (χ3n) is 4.51. The molecule has 2 rings (SSSR count). The largest absolute Gasteiger partial charge is 0.346 e. The number of carbonyl (C=O) groups excluding carboxylic acids is 1. The third-order valence-corrected chi connectivity index (χ3v) is 6.29. The van der Waals surface area contributed by atoms with Gasteiger partial charge in [0.05, 0.1) is 17.5 Å². The normalized spacial score (nSPS) is 12.5. The van der Waals surface area contributed by atoms with E-state index in [1.54, 1.807) is 31.2 Å². The van der Waals surface area contributed by atoms with Gasteiger partial charge in [-0.25, -0.2) is 8.42 Å². The number of hydrogen-bond acceptors (Lipinski definition) is 3. The summed E-state index contributed by atoms with van der Waals surface area (Å²) in [5.41, 5.74) is 3.33. The van der Waals surface area contributed by atoms with Crippen LogP contribution >= 0.6 is 0 Å². The number of carbonyl (C=O) groups is 1. The first-order valence-electron chi connectivity index (χ1n) is 8.74. The summed E-state index contributed by atoms with van der Waals surface area (Å²) < 4.78 is 25.1. The molecule has 2 aromatic carbocycles. The first-order chi connectivity index (χ1) is 12.3. The molecular formula is C20H26N2O3S. The standard InChI is InChI=1S/C20H26N2O3S/c1-5-16-7-9-17(10-8-16)15(3)21-20(23)18-11-13-19(14-12-18)22(4)26(24,25)6-2/h7-15H,5-6H2,1-4H3,(H,21,23)/t15-/m1/s1. The van der Waals surface area contributed by atoms with Crippen molar-refractivity contribution in [3.63, 3.8) is 0 Å². The quantitative estimate of drug-likeness (QED) is 0.806. The van der Waals surface area contributed by atoms with E-state index >= 15 is 0 Å². The average Bonchev–Trinajstić information content (AvgIpc) is 2.67. The SMILES string of the molecule is CCc1ccc([C@@H](C)NC(=O)c2ccc(N(C)S(=O)(=O)CC)cc2)cc1. The van der Waals surface area contributed by atoms with Crippen molar-refractivity contribution in [2.45, 2.75) is 33.2 Å². The number of aryl methyl sites for hydroxylation is 1. The van der Waals surface area contributed by atoms with Crippen molar-refractivity contribution < 1.29 is 13.2 Å². The summed E-state index contributed by atoms with van der Waals surface area (Å²) in [5, 5.41) is 2.97. The maximum Gasteiger partial charge on any atom is 0.251 e. The topological polar surface area (TPSA) is 66.5 Å². The van der Waals surface area contributed by atoms with Gasteiger partial charge in [0.25, 0.3) is 5.91 Å². The van der Waals surface area contributed by atoms with Gasteiger partial charge in [-0.2, -0.15) is 0 Å². The van der Waals surface area contributed by atoms with E-state index in [-0.39, 0.29) is 17.7 Å². The average molecular weight is 375 g/mol. The Labute approximate surface area is 156 Å². The van der Waals surface area contributed by atoms with E-state index in [0.717, 1.165) is 12.0 Å². The molecule has 0 aliphatic heterocycles. The van der Waals surface area contributed by atoms with E-state index in [2.05, 4.69) is 24.4 Å². The summed E-state index contributed by atoms with van der Waals surface area (Å²) in [6.45, 7) is 5.64. The van der Waals surface area contributed by atoms with Crippen molar-refractivity contribution in [3.05, 3.63) is 65.2 Å². The van der Waals surface area contributed by atoms with E-state index in [9.17, 15) is 13.2 Å². The summed E-state index contributed by atoms with van der Waals surface area (Å²) in [5.74, 6) is -0.162. The zero-order chi connectivity index (χ0) is 19.3. The first-order valence-corrected chi connectivity index (χ1v) is 10.4. The molecule has 0 aliphatic carbocycles. The fraction of sp³-hybridized carbons (Fsp3) is 0.350. The molecule has 0 bridgehead atoms. The van der Waals surface area contributed by atoms with Crippen LogP contribution in [0.25, 0.3) is 0 Å². The molecule has 0 aliphatic rings. The lowest BCUT2D eigenvalue weighted by Gasteiger charge is -2.19. The Morgan fingerprint density at radius 2 is 1.62 bits per heavy atom. The van der Waals surface area contributed by atoms with Gasteiger partial charge in [0, 0.05) is 12.6 Å². The Bertz CT molecular complexity index is 844. The molecule has 0 fully saturated rings. The molecule has 0 unspecified atom stereocenters. The minimum absolute atomic E-state index is 0.0279. The lowest BCUT2D eigenvalue weighted by Crippen LogP contribution is -2.28. The Balaban J connectivity index is 2.07. The molecule has 0 saturated carbocycles. The Morgan fingerprint density at radius 1 is 1.04 bits per heavy atom. The van der Waals surface area contributed by atoms with Crippen molar-refractivity contribution in [1.29, 1.82) is 0 Å². The third kappa shape index (κ3) is 4.64. The van der Waals surface area contributed by atoms with Gasteiger partial charge < -0.3 is 5.32 Å². The number of nitrogens with one attached hydrogen (secondary N) is 1. The molecule has 0 aromatic heterocycles. The van der Waals surface area contributed by atoms with Crippen LogP contribution in [-0.4, -0.2) is 27.1 Å². The zero-order valence-electron chi connectivity index (χ0n) is 15.7. The highest BCUT2D eigenvalue weighted by molar-refractivity contribution is 7.92. The summed E-state index contributed by atoms with van der Waals surface area (Å²) in [7, 11) is -1.80. The molecule has 0 radical (unpaired) electrons. The highest BCUT2D eigenvalue weighted by atomic mass is 32.2. The van der Waals surface area contributed by atoms with Gasteiger partial charge >= 0.3 is 0 Å². The van der Waals surface area contributed by atoms with E-state index in [1.807, 2.05) is 19.1 Å². The smallest absolute Gasteiger partial charge is 0.251 e. The van der Waals surface area contributed by atoms with Crippen molar-refractivity contribution in [1.82, 2.24) is 5.32 Å². The van der Waals surface area contributed by atoms with Crippen molar-refractivity contribution >= 4 is 21.6 Å². The van der Waals surface area contributed by atoms with Crippen molar-refractivity contribution in [2.75, 3.05) is 17.1 Å². The Morgan fingerprint density at radius 3 is 2.12 bits per heavy atom. The monoisotopic (exact) mass is 374 g/mol. The zero-order valence-corrected chi connectivity index (χ0v) is 16.5. The van der Waals surface area contributed by atoms with Crippen LogP contribution in [0.4, 0.5) is 5.69 Å². The number of amides is 1. The molecular weight excluding hydrogens is 348 g/mol. The van der Waals surface area contributed by atoms with Crippen LogP contribution in [0.5, 0.6) is 0 Å². The summed E-state index contributed by atoms with van der Waals surface area (Å²) in [4.78, 5) is 12.4. The van der Waals surface area contributed by atoms with Gasteiger partial charge in [-0.15, -0.1) is 0 Å². The number of anilines is 1. The van der Waals surface area contributed by atoms with Crippen LogP contribution in [-0.2, 0) is 16.4 Å². The van der Waals surface area contributed by atoms with Crippen LogP contribution < -0.4 is 9.62 Å². The van der Waals surface area contributed by atoms with Crippen LogP contribution in [0.3, 0.4) is 0 Å². The highest BCUT2D eigenvalue weighted by Crippen LogP contribution is 2.19. The fourth-order valence-electron chi connectivity index (χ4n) is 2.58. The van der Waals surface area contributed by atoms with Gasteiger partial charge in [-0.3, -0.25) is 9.10 Å². The molecule has 1 N–H and O–H groups in total. The molecule has 140 valence electrons. The maximum atomic E-state index is 12.4. The van der Waals surface area contributed by atoms with Crippen LogP contribution in [0.15, 0.2) is 48.5 Å². The summed E-state index contributed by atoms with van der Waals surface area (Å²) >= 11 is 0. The molecule has 2 aromatic rings. The van der Waals surface area contributed by atoms with Gasteiger partial charge in [0.1, 0.15) is 0 Å². The predicted molar refractivity (Wildman–Crippen MR) is 106 cm³/mol. The molecule has 1 amide bonds. The first kappa shape index (κ1) is 20.0. The van der Waals surface area contributed by atoms with Gasteiger partial charge in [-0.1, -0.05) is 31.2 Å². The molecule has 0 heterocycles. The van der Waals surface area contributed by atoms with Crippen LogP contribution in [0.1, 0.15) is 48.3 Å². The number of sulfonamides is 1. The van der Waals surface area contributed by atoms with Gasteiger partial charge in [0.15, 0.2) is 0 Å². The number of nitrogens with zero attached hydrogens (tertiary/aromatic N) is 1. The Hall–Kier alpha value is -2.34. The van der Waals surface area contributed by atoms with Crippen molar-refractivity contribution in [3.8, 4) is 0 Å². The minimum Gasteiger partial charge on any atom is -0.346 e. The second kappa shape index (κ2) is 8.36. The highest BCUT2D eigenvalue weighted by Gasteiger charge is 2.17. The molecule has 26 heavy (non-hydrogen) atoms. The summed E-state index contributed by atoms with van der Waals surface area (Å²) in [6, 6.07) is 14.6. The van der Waals surface area contributed by atoms with E-state index < -0.39 is 10.0 Å². The molecule has 1 atom stereocenters. The fourth-order valence-corrected chi connectivity index (χ4v) is 3.41. The second-order valence-corrected chi connectivity index (χ2v) is 8.49. The van der Waals surface area contributed by atoms with Crippen molar-refractivity contribution in [2.24, 2.45) is 0 Å².